The summed E-state index contributed by atoms with van der Waals surface area (Å²) in [5.74, 6) is -0.774. The normalized spacial score (nSPS) is 14.3. The molecule has 0 aromatic heterocycles. The van der Waals surface area contributed by atoms with Gasteiger partial charge in [0, 0.05) is 27.2 Å². The standard InChI is InChI=1S/C23H39ClO3/c1-6-8-9-10-11-12-21(23(25-3,26-4)27-5)18-15-19-13-16-20(17-14-19)22(24)7-2/h13-14,16-17,21-22H,6-12,15,18H2,1-5H3. The summed E-state index contributed by atoms with van der Waals surface area (Å²) in [6.45, 7) is 4.35. The first-order valence-corrected chi connectivity index (χ1v) is 10.9. The van der Waals surface area contributed by atoms with Crippen molar-refractivity contribution in [1.82, 2.24) is 0 Å². The van der Waals surface area contributed by atoms with Gasteiger partial charge in [-0.05, 0) is 36.8 Å². The number of aryl methyl sites for hydroxylation is 1. The summed E-state index contributed by atoms with van der Waals surface area (Å²) in [6.07, 6.45) is 10.2. The van der Waals surface area contributed by atoms with E-state index in [-0.39, 0.29) is 11.3 Å². The third-order valence-corrected chi connectivity index (χ3v) is 6.05. The van der Waals surface area contributed by atoms with Gasteiger partial charge >= 0.3 is 0 Å². The minimum atomic E-state index is -0.964. The zero-order valence-corrected chi connectivity index (χ0v) is 18.7. The number of benzene rings is 1. The summed E-state index contributed by atoms with van der Waals surface area (Å²) in [5, 5.41) is 0.0954. The lowest BCUT2D eigenvalue weighted by molar-refractivity contribution is -0.380. The van der Waals surface area contributed by atoms with Gasteiger partial charge < -0.3 is 14.2 Å². The van der Waals surface area contributed by atoms with Gasteiger partial charge in [-0.1, -0.05) is 70.2 Å². The van der Waals surface area contributed by atoms with E-state index in [1.54, 1.807) is 21.3 Å². The average molecular weight is 399 g/mol. The third-order valence-electron chi connectivity index (χ3n) is 5.49. The number of halogens is 1. The zero-order valence-electron chi connectivity index (χ0n) is 17.9. The average Bonchev–Trinajstić information content (AvgIpc) is 2.72. The Morgan fingerprint density at radius 3 is 1.96 bits per heavy atom. The molecule has 0 aliphatic rings. The molecule has 0 radical (unpaired) electrons. The molecule has 0 aliphatic heterocycles. The van der Waals surface area contributed by atoms with Crippen molar-refractivity contribution >= 4 is 11.6 Å². The highest BCUT2D eigenvalue weighted by atomic mass is 35.5. The Labute approximate surface area is 171 Å². The van der Waals surface area contributed by atoms with Gasteiger partial charge in [0.1, 0.15) is 0 Å². The summed E-state index contributed by atoms with van der Waals surface area (Å²) in [5.41, 5.74) is 2.50. The number of methoxy groups -OCH3 is 3. The van der Waals surface area contributed by atoms with Crippen LogP contribution in [-0.2, 0) is 20.6 Å². The SMILES string of the molecule is CCCCCCCC(CCc1ccc(C(Cl)CC)cc1)C(OC)(OC)OC. The molecule has 0 amide bonds. The second-order valence-corrected chi connectivity index (χ2v) is 7.80. The van der Waals surface area contributed by atoms with Crippen LogP contribution in [0, 0.1) is 5.92 Å². The van der Waals surface area contributed by atoms with Crippen molar-refractivity contribution in [2.45, 2.75) is 83.0 Å². The van der Waals surface area contributed by atoms with Crippen molar-refractivity contribution in [3.8, 4) is 0 Å². The van der Waals surface area contributed by atoms with Crippen LogP contribution in [0.2, 0.25) is 0 Å². The van der Waals surface area contributed by atoms with Gasteiger partial charge in [-0.2, -0.15) is 0 Å². The van der Waals surface area contributed by atoms with Crippen LogP contribution < -0.4 is 0 Å². The van der Waals surface area contributed by atoms with Crippen LogP contribution in [0.5, 0.6) is 0 Å². The fraction of sp³-hybridized carbons (Fsp3) is 0.739. The Morgan fingerprint density at radius 2 is 1.44 bits per heavy atom. The van der Waals surface area contributed by atoms with Crippen molar-refractivity contribution < 1.29 is 14.2 Å². The molecule has 0 saturated carbocycles. The molecule has 0 N–H and O–H groups in total. The van der Waals surface area contributed by atoms with Crippen LogP contribution in [0.15, 0.2) is 24.3 Å². The van der Waals surface area contributed by atoms with E-state index in [0.29, 0.717) is 0 Å². The summed E-state index contributed by atoms with van der Waals surface area (Å²) in [6, 6.07) is 8.67. The molecule has 156 valence electrons. The van der Waals surface area contributed by atoms with Crippen molar-refractivity contribution in [2.75, 3.05) is 21.3 Å². The Morgan fingerprint density at radius 1 is 0.852 bits per heavy atom. The fourth-order valence-corrected chi connectivity index (χ4v) is 3.86. The molecule has 0 fully saturated rings. The first-order valence-electron chi connectivity index (χ1n) is 10.4. The monoisotopic (exact) mass is 398 g/mol. The van der Waals surface area contributed by atoms with E-state index in [4.69, 9.17) is 25.8 Å². The predicted molar refractivity (Wildman–Crippen MR) is 114 cm³/mol. The van der Waals surface area contributed by atoms with Gasteiger partial charge in [-0.15, -0.1) is 11.6 Å². The lowest BCUT2D eigenvalue weighted by Gasteiger charge is -2.36. The molecular weight excluding hydrogens is 360 g/mol. The largest absolute Gasteiger partial charge is 0.331 e. The zero-order chi connectivity index (χ0) is 20.1. The van der Waals surface area contributed by atoms with Crippen molar-refractivity contribution in [1.29, 1.82) is 0 Å². The molecule has 0 aliphatic carbocycles. The number of rotatable bonds is 15. The second-order valence-electron chi connectivity index (χ2n) is 7.27. The van der Waals surface area contributed by atoms with Gasteiger partial charge in [0.05, 0.1) is 5.38 Å². The molecule has 2 atom stereocenters. The van der Waals surface area contributed by atoms with Crippen LogP contribution in [-0.4, -0.2) is 27.3 Å². The number of hydrogen-bond donors (Lipinski definition) is 0. The van der Waals surface area contributed by atoms with Gasteiger partial charge in [-0.25, -0.2) is 0 Å². The van der Waals surface area contributed by atoms with Crippen LogP contribution in [0.3, 0.4) is 0 Å². The van der Waals surface area contributed by atoms with Crippen LogP contribution in [0.25, 0.3) is 0 Å². The maximum absolute atomic E-state index is 6.33. The van der Waals surface area contributed by atoms with E-state index in [1.165, 1.54) is 43.2 Å². The van der Waals surface area contributed by atoms with Crippen LogP contribution in [0.1, 0.15) is 81.7 Å². The molecule has 0 spiro atoms. The molecule has 1 aromatic carbocycles. The highest BCUT2D eigenvalue weighted by Crippen LogP contribution is 2.33. The van der Waals surface area contributed by atoms with E-state index in [9.17, 15) is 0 Å². The molecule has 1 rings (SSSR count). The van der Waals surface area contributed by atoms with E-state index in [2.05, 4.69) is 38.1 Å². The highest BCUT2D eigenvalue weighted by Gasteiger charge is 2.39. The van der Waals surface area contributed by atoms with Gasteiger partial charge in [0.25, 0.3) is 5.97 Å². The van der Waals surface area contributed by atoms with E-state index < -0.39 is 5.97 Å². The van der Waals surface area contributed by atoms with Gasteiger partial charge in [0.15, 0.2) is 0 Å². The number of hydrogen-bond acceptors (Lipinski definition) is 3. The van der Waals surface area contributed by atoms with E-state index in [0.717, 1.165) is 25.7 Å². The lowest BCUT2D eigenvalue weighted by atomic mass is 9.91. The Bertz CT molecular complexity index is 477. The smallest absolute Gasteiger partial charge is 0.285 e. The summed E-state index contributed by atoms with van der Waals surface area (Å²) in [4.78, 5) is 0. The minimum absolute atomic E-state index is 0.0954. The Hall–Kier alpha value is -0.610. The molecule has 4 heteroatoms. The van der Waals surface area contributed by atoms with E-state index in [1.807, 2.05) is 0 Å². The molecular formula is C23H39ClO3. The molecule has 0 bridgehead atoms. The summed E-state index contributed by atoms with van der Waals surface area (Å²) < 4.78 is 17.0. The van der Waals surface area contributed by atoms with E-state index >= 15 is 0 Å². The van der Waals surface area contributed by atoms with Crippen molar-refractivity contribution in [3.63, 3.8) is 0 Å². The number of alkyl halides is 1. The van der Waals surface area contributed by atoms with Gasteiger partial charge in [-0.3, -0.25) is 0 Å². The third kappa shape index (κ3) is 7.73. The fourth-order valence-electron chi connectivity index (χ4n) is 3.71. The molecule has 0 heterocycles. The predicted octanol–water partition coefficient (Wildman–Crippen LogP) is 6.88. The topological polar surface area (TPSA) is 27.7 Å². The Balaban J connectivity index is 2.72. The number of unbranched alkanes of at least 4 members (excludes halogenated alkanes) is 4. The summed E-state index contributed by atoms with van der Waals surface area (Å²) in [7, 11) is 4.99. The first-order chi connectivity index (χ1) is 13.1. The lowest BCUT2D eigenvalue weighted by Crippen LogP contribution is -2.44. The molecule has 3 nitrogen and oxygen atoms in total. The highest BCUT2D eigenvalue weighted by molar-refractivity contribution is 6.20. The number of ether oxygens (including phenoxy) is 3. The second kappa shape index (κ2) is 13.5. The Kier molecular flexibility index (Phi) is 12.3. The molecule has 2 unspecified atom stereocenters. The maximum atomic E-state index is 6.33. The van der Waals surface area contributed by atoms with Crippen molar-refractivity contribution in [2.24, 2.45) is 5.92 Å². The quantitative estimate of drug-likeness (QED) is 0.183. The van der Waals surface area contributed by atoms with Crippen LogP contribution >= 0.6 is 11.6 Å². The maximum Gasteiger partial charge on any atom is 0.285 e. The first kappa shape index (κ1) is 24.4. The molecule has 0 saturated heterocycles. The van der Waals surface area contributed by atoms with Crippen LogP contribution in [0.4, 0.5) is 0 Å². The molecule has 1 aromatic rings. The molecule has 27 heavy (non-hydrogen) atoms. The summed E-state index contributed by atoms with van der Waals surface area (Å²) >= 11 is 6.33. The minimum Gasteiger partial charge on any atom is -0.331 e. The van der Waals surface area contributed by atoms with Gasteiger partial charge in [0.2, 0.25) is 0 Å². The van der Waals surface area contributed by atoms with Crippen molar-refractivity contribution in [3.05, 3.63) is 35.4 Å².